The SMILES string of the molecule is CC/C=C\C/C=C\C/C=C\C/C=C\C/C=C\C/C=C\C/C=C\CCCCCCCCCCCCCCCC(=O)OC(COC(=O)CCCCCCC/C=C\CCCCCCC)COC(OCC[N+](C)(C)C)C(=O)[O-]. The predicted octanol–water partition coefficient (Wildman–Crippen LogP) is 16.4. The van der Waals surface area contributed by atoms with Gasteiger partial charge in [0.25, 0.3) is 0 Å². The number of carbonyl (C=O) groups is 3. The van der Waals surface area contributed by atoms with E-state index in [1.165, 1.54) is 103 Å². The molecule has 0 bridgehead atoms. The molecule has 0 aliphatic carbocycles. The van der Waals surface area contributed by atoms with E-state index >= 15 is 0 Å². The number of hydrogen-bond acceptors (Lipinski definition) is 8. The molecule has 9 heteroatoms. The van der Waals surface area contributed by atoms with Gasteiger partial charge in [-0.3, -0.25) is 9.59 Å². The van der Waals surface area contributed by atoms with Crippen LogP contribution in [-0.2, 0) is 33.3 Å². The quantitative estimate of drug-likeness (QED) is 0.0195. The molecule has 424 valence electrons. The molecule has 0 rings (SSSR count). The molecule has 0 fully saturated rings. The first-order valence-electron chi connectivity index (χ1n) is 29.9. The van der Waals surface area contributed by atoms with Crippen molar-refractivity contribution in [2.45, 2.75) is 251 Å². The molecule has 2 unspecified atom stereocenters. The summed E-state index contributed by atoms with van der Waals surface area (Å²) < 4.78 is 22.7. The van der Waals surface area contributed by atoms with E-state index in [1.807, 2.05) is 21.1 Å². The van der Waals surface area contributed by atoms with Gasteiger partial charge in [-0.05, 0) is 96.3 Å². The second kappa shape index (κ2) is 55.4. The van der Waals surface area contributed by atoms with Gasteiger partial charge in [0.15, 0.2) is 12.4 Å². The van der Waals surface area contributed by atoms with Crippen LogP contribution in [0.3, 0.4) is 0 Å². The maximum atomic E-state index is 12.9. The maximum Gasteiger partial charge on any atom is 0.306 e. The summed E-state index contributed by atoms with van der Waals surface area (Å²) >= 11 is 0. The van der Waals surface area contributed by atoms with Gasteiger partial charge < -0.3 is 33.3 Å². The van der Waals surface area contributed by atoms with Crippen molar-refractivity contribution in [3.8, 4) is 0 Å². The van der Waals surface area contributed by atoms with Gasteiger partial charge in [-0.2, -0.15) is 0 Å². The molecule has 2 atom stereocenters. The first-order chi connectivity index (χ1) is 36.1. The van der Waals surface area contributed by atoms with Crippen LogP contribution in [0.1, 0.15) is 239 Å². The molecule has 0 saturated heterocycles. The standard InChI is InChI=1S/C65H111NO8/c1-6-8-10-12-14-16-18-20-22-23-24-25-26-27-28-29-30-31-32-33-34-35-36-37-38-39-40-41-42-44-46-48-50-52-54-56-63(68)74-61(60-73-65(64(69)70)71-58-57-66(3,4)5)59-72-62(67)55-53-51-49-47-45-43-21-19-17-15-13-11-9-7-2/h8,10,14,16,19-22,24-25,27-28,30-31,33-34,61,65H,6-7,9,11-13,15,17-18,23,26,29,32,35-60H2,1-5H3/b10-8-,16-14-,21-19-,22-20-,25-24-,28-27-,31-30-,34-33-. The van der Waals surface area contributed by atoms with E-state index < -0.39 is 24.3 Å². The first kappa shape index (κ1) is 70.2. The van der Waals surface area contributed by atoms with Gasteiger partial charge in [0.05, 0.1) is 40.3 Å². The average Bonchev–Trinajstić information content (AvgIpc) is 3.37. The van der Waals surface area contributed by atoms with Crippen LogP contribution < -0.4 is 5.11 Å². The lowest BCUT2D eigenvalue weighted by atomic mass is 10.0. The van der Waals surface area contributed by atoms with Crippen LogP contribution in [0.25, 0.3) is 0 Å². The Morgan fingerprint density at radius 1 is 0.419 bits per heavy atom. The van der Waals surface area contributed by atoms with Gasteiger partial charge in [-0.15, -0.1) is 0 Å². The number of carboxylic acids is 1. The van der Waals surface area contributed by atoms with Crippen LogP contribution in [0.4, 0.5) is 0 Å². The van der Waals surface area contributed by atoms with E-state index in [-0.39, 0.29) is 38.6 Å². The van der Waals surface area contributed by atoms with Crippen molar-refractivity contribution >= 4 is 17.9 Å². The molecular formula is C65H111NO8. The molecule has 9 nitrogen and oxygen atoms in total. The van der Waals surface area contributed by atoms with Gasteiger partial charge >= 0.3 is 11.9 Å². The Hall–Kier alpha value is -3.79. The van der Waals surface area contributed by atoms with Crippen molar-refractivity contribution in [3.05, 3.63) is 97.2 Å². The van der Waals surface area contributed by atoms with E-state index in [0.29, 0.717) is 17.4 Å². The van der Waals surface area contributed by atoms with Crippen molar-refractivity contribution in [3.63, 3.8) is 0 Å². The minimum atomic E-state index is -1.63. The lowest BCUT2D eigenvalue weighted by Gasteiger charge is -2.26. The van der Waals surface area contributed by atoms with Crippen molar-refractivity contribution in [2.75, 3.05) is 47.5 Å². The van der Waals surface area contributed by atoms with Crippen LogP contribution in [0, 0.1) is 0 Å². The number of carboxylic acid groups (broad SMARTS) is 1. The number of nitrogens with zero attached hydrogens (tertiary/aromatic N) is 1. The van der Waals surface area contributed by atoms with Crippen LogP contribution in [0.15, 0.2) is 97.2 Å². The summed E-state index contributed by atoms with van der Waals surface area (Å²) in [7, 11) is 5.91. The minimum Gasteiger partial charge on any atom is -0.545 e. The zero-order chi connectivity index (χ0) is 54.1. The lowest BCUT2D eigenvalue weighted by Crippen LogP contribution is -2.44. The second-order valence-electron chi connectivity index (χ2n) is 20.9. The highest BCUT2D eigenvalue weighted by atomic mass is 16.7. The van der Waals surface area contributed by atoms with Crippen LogP contribution in [0.2, 0.25) is 0 Å². The largest absolute Gasteiger partial charge is 0.545 e. The molecule has 0 radical (unpaired) electrons. The molecular weight excluding hydrogens is 923 g/mol. The molecule has 0 aromatic carbocycles. The molecule has 0 amide bonds. The molecule has 0 aromatic rings. The average molecular weight is 1030 g/mol. The van der Waals surface area contributed by atoms with Gasteiger partial charge in [-0.25, -0.2) is 0 Å². The number of carbonyl (C=O) groups excluding carboxylic acids is 3. The number of ether oxygens (including phenoxy) is 4. The Morgan fingerprint density at radius 2 is 0.770 bits per heavy atom. The van der Waals surface area contributed by atoms with Crippen molar-refractivity contribution in [2.24, 2.45) is 0 Å². The number of unbranched alkanes of at least 4 members (excludes halogenated alkanes) is 23. The molecule has 0 heterocycles. The highest BCUT2D eigenvalue weighted by Crippen LogP contribution is 2.15. The highest BCUT2D eigenvalue weighted by molar-refractivity contribution is 5.70. The van der Waals surface area contributed by atoms with E-state index in [4.69, 9.17) is 18.9 Å². The van der Waals surface area contributed by atoms with Crippen LogP contribution >= 0.6 is 0 Å². The number of rotatable bonds is 54. The van der Waals surface area contributed by atoms with E-state index in [1.54, 1.807) is 0 Å². The van der Waals surface area contributed by atoms with Crippen LogP contribution in [-0.4, -0.2) is 82.3 Å². The number of esters is 2. The summed E-state index contributed by atoms with van der Waals surface area (Å²) in [6, 6.07) is 0. The van der Waals surface area contributed by atoms with E-state index in [9.17, 15) is 19.5 Å². The van der Waals surface area contributed by atoms with E-state index in [2.05, 4.69) is 111 Å². The Kier molecular flexibility index (Phi) is 52.6. The summed E-state index contributed by atoms with van der Waals surface area (Å²) in [5.41, 5.74) is 0. The van der Waals surface area contributed by atoms with Crippen molar-refractivity contribution in [1.82, 2.24) is 0 Å². The zero-order valence-electron chi connectivity index (χ0n) is 48.2. The van der Waals surface area contributed by atoms with Gasteiger partial charge in [0.1, 0.15) is 13.2 Å². The zero-order valence-corrected chi connectivity index (χ0v) is 48.2. The number of likely N-dealkylation sites (N-methyl/N-ethyl adjacent to an activating group) is 1. The lowest BCUT2D eigenvalue weighted by molar-refractivity contribution is -0.870. The summed E-state index contributed by atoms with van der Waals surface area (Å²) in [6.45, 7) is 4.61. The number of hydrogen-bond donors (Lipinski definition) is 0. The Labute approximate surface area is 454 Å². The van der Waals surface area contributed by atoms with Crippen molar-refractivity contribution < 1.29 is 42.9 Å². The summed E-state index contributed by atoms with van der Waals surface area (Å²) in [4.78, 5) is 37.2. The molecule has 0 N–H and O–H groups in total. The topological polar surface area (TPSA) is 111 Å². The fraction of sp³-hybridized carbons (Fsp3) is 0.708. The van der Waals surface area contributed by atoms with Gasteiger partial charge in [0, 0.05) is 12.8 Å². The molecule has 0 saturated carbocycles. The molecule has 0 aromatic heterocycles. The second-order valence-corrected chi connectivity index (χ2v) is 20.9. The number of quaternary nitrogens is 1. The smallest absolute Gasteiger partial charge is 0.306 e. The Balaban J connectivity index is 4.14. The third kappa shape index (κ3) is 55.9. The summed E-state index contributed by atoms with van der Waals surface area (Å²) in [6.07, 6.45) is 71.8. The molecule has 0 aliphatic heterocycles. The predicted molar refractivity (Wildman–Crippen MR) is 311 cm³/mol. The van der Waals surface area contributed by atoms with E-state index in [0.717, 1.165) is 103 Å². The first-order valence-corrected chi connectivity index (χ1v) is 29.9. The maximum absolute atomic E-state index is 12.9. The Bertz CT molecular complexity index is 1530. The minimum absolute atomic E-state index is 0.143. The van der Waals surface area contributed by atoms with Gasteiger partial charge in [-0.1, -0.05) is 227 Å². The fourth-order valence-electron chi connectivity index (χ4n) is 7.98. The van der Waals surface area contributed by atoms with Gasteiger partial charge in [0.2, 0.25) is 0 Å². The normalized spacial score (nSPS) is 13.5. The monoisotopic (exact) mass is 1030 g/mol. The summed E-state index contributed by atoms with van der Waals surface area (Å²) in [5, 5.41) is 11.8. The molecule has 0 spiro atoms. The molecule has 0 aliphatic rings. The highest BCUT2D eigenvalue weighted by Gasteiger charge is 2.22. The van der Waals surface area contributed by atoms with Crippen molar-refractivity contribution in [1.29, 1.82) is 0 Å². The third-order valence-corrected chi connectivity index (χ3v) is 12.6. The molecule has 74 heavy (non-hydrogen) atoms. The number of aliphatic carboxylic acids is 1. The van der Waals surface area contributed by atoms with Crippen LogP contribution in [0.5, 0.6) is 0 Å². The third-order valence-electron chi connectivity index (χ3n) is 12.6. The number of allylic oxidation sites excluding steroid dienone is 16. The summed E-state index contributed by atoms with van der Waals surface area (Å²) in [5.74, 6) is -2.30. The fourth-order valence-corrected chi connectivity index (χ4v) is 7.98. The Morgan fingerprint density at radius 3 is 1.16 bits per heavy atom.